The summed E-state index contributed by atoms with van der Waals surface area (Å²) < 4.78 is 38.9. The van der Waals surface area contributed by atoms with Gasteiger partial charge in [-0.05, 0) is 111 Å². The van der Waals surface area contributed by atoms with Gasteiger partial charge in [0.1, 0.15) is 0 Å². The van der Waals surface area contributed by atoms with E-state index in [1.54, 1.807) is 6.07 Å². The maximum Gasteiger partial charge on any atom is 0.416 e. The van der Waals surface area contributed by atoms with E-state index in [2.05, 4.69) is 6.92 Å². The van der Waals surface area contributed by atoms with Crippen LogP contribution in [-0.2, 0) is 19.0 Å². The highest BCUT2D eigenvalue weighted by Gasteiger charge is 2.35. The van der Waals surface area contributed by atoms with Crippen LogP contribution in [0.1, 0.15) is 94.2 Å². The SMILES string of the molecule is CCCC1CCC(C2CCC(C3CCc4cc(C(F)(F)F)ccc4C3)CC2)CC1. The summed E-state index contributed by atoms with van der Waals surface area (Å²) in [6.07, 6.45) is 12.7. The second-order valence-electron chi connectivity index (χ2n) is 10.2. The Bertz CT molecular complexity index is 661. The molecule has 1 aromatic rings. The summed E-state index contributed by atoms with van der Waals surface area (Å²) in [4.78, 5) is 0. The molecule has 162 valence electrons. The van der Waals surface area contributed by atoms with Gasteiger partial charge in [0.25, 0.3) is 0 Å². The molecule has 0 aliphatic heterocycles. The third-order valence-corrected chi connectivity index (χ3v) is 8.54. The van der Waals surface area contributed by atoms with Crippen LogP contribution in [0.5, 0.6) is 0 Å². The molecule has 3 aliphatic rings. The van der Waals surface area contributed by atoms with Crippen LogP contribution in [-0.4, -0.2) is 0 Å². The molecule has 3 heteroatoms. The number of benzene rings is 1. The fraction of sp³-hybridized carbons (Fsp3) is 0.769. The molecule has 0 heterocycles. The summed E-state index contributed by atoms with van der Waals surface area (Å²) in [5.41, 5.74) is 1.63. The van der Waals surface area contributed by atoms with Crippen LogP contribution in [0, 0.1) is 29.6 Å². The molecule has 0 amide bonds. The molecule has 4 rings (SSSR count). The first-order valence-electron chi connectivity index (χ1n) is 12.1. The molecule has 1 unspecified atom stereocenters. The molecular weight excluding hydrogens is 369 g/mol. The minimum atomic E-state index is -4.22. The van der Waals surface area contributed by atoms with E-state index in [1.807, 2.05) is 0 Å². The Morgan fingerprint density at radius 2 is 1.34 bits per heavy atom. The number of halogens is 3. The van der Waals surface area contributed by atoms with Crippen molar-refractivity contribution in [2.45, 2.75) is 96.6 Å². The Morgan fingerprint density at radius 1 is 0.759 bits per heavy atom. The lowest BCUT2D eigenvalue weighted by Gasteiger charge is -2.41. The Kier molecular flexibility index (Phi) is 6.61. The molecular formula is C26H37F3. The molecule has 0 N–H and O–H groups in total. The minimum absolute atomic E-state index is 0.483. The van der Waals surface area contributed by atoms with E-state index in [0.29, 0.717) is 5.92 Å². The zero-order valence-corrected chi connectivity index (χ0v) is 17.9. The van der Waals surface area contributed by atoms with Crippen LogP contribution < -0.4 is 0 Å². The van der Waals surface area contributed by atoms with E-state index in [-0.39, 0.29) is 0 Å². The van der Waals surface area contributed by atoms with Gasteiger partial charge in [-0.1, -0.05) is 38.7 Å². The van der Waals surface area contributed by atoms with E-state index in [9.17, 15) is 13.2 Å². The van der Waals surface area contributed by atoms with Gasteiger partial charge in [-0.25, -0.2) is 0 Å². The first-order chi connectivity index (χ1) is 13.9. The van der Waals surface area contributed by atoms with E-state index in [1.165, 1.54) is 81.9 Å². The predicted octanol–water partition coefficient (Wildman–Crippen LogP) is 8.22. The first-order valence-corrected chi connectivity index (χ1v) is 12.1. The summed E-state index contributed by atoms with van der Waals surface area (Å²) in [7, 11) is 0. The first kappa shape index (κ1) is 21.2. The van der Waals surface area contributed by atoms with Crippen molar-refractivity contribution in [1.29, 1.82) is 0 Å². The molecule has 2 fully saturated rings. The quantitative estimate of drug-likeness (QED) is 0.472. The second-order valence-corrected chi connectivity index (χ2v) is 10.2. The molecule has 0 spiro atoms. The van der Waals surface area contributed by atoms with Crippen molar-refractivity contribution in [2.75, 3.05) is 0 Å². The zero-order chi connectivity index (χ0) is 20.4. The Labute approximate surface area is 174 Å². The average Bonchev–Trinajstić information content (AvgIpc) is 2.73. The van der Waals surface area contributed by atoms with Crippen LogP contribution in [0.25, 0.3) is 0 Å². The molecule has 29 heavy (non-hydrogen) atoms. The lowest BCUT2D eigenvalue weighted by Crippen LogP contribution is -2.30. The summed E-state index contributed by atoms with van der Waals surface area (Å²) in [6.45, 7) is 2.31. The van der Waals surface area contributed by atoms with Crippen molar-refractivity contribution in [2.24, 2.45) is 29.6 Å². The lowest BCUT2D eigenvalue weighted by molar-refractivity contribution is -0.137. The Balaban J connectivity index is 1.28. The molecule has 1 aromatic carbocycles. The van der Waals surface area contributed by atoms with Crippen LogP contribution in [0.15, 0.2) is 18.2 Å². The van der Waals surface area contributed by atoms with Gasteiger partial charge in [0.2, 0.25) is 0 Å². The normalized spacial score (nSPS) is 33.3. The Hall–Kier alpha value is -0.990. The van der Waals surface area contributed by atoms with Crippen molar-refractivity contribution < 1.29 is 13.2 Å². The summed E-state index contributed by atoms with van der Waals surface area (Å²) >= 11 is 0. The lowest BCUT2D eigenvalue weighted by atomic mass is 9.65. The molecule has 1 atom stereocenters. The molecule has 0 saturated heterocycles. The van der Waals surface area contributed by atoms with Gasteiger partial charge < -0.3 is 0 Å². The third kappa shape index (κ3) is 5.02. The van der Waals surface area contributed by atoms with Gasteiger partial charge in [0.15, 0.2) is 0 Å². The number of hydrogen-bond acceptors (Lipinski definition) is 0. The number of fused-ring (bicyclic) bond motifs is 1. The van der Waals surface area contributed by atoms with Crippen LogP contribution in [0.3, 0.4) is 0 Å². The smallest absolute Gasteiger partial charge is 0.166 e. The Morgan fingerprint density at radius 3 is 1.93 bits per heavy atom. The molecule has 0 radical (unpaired) electrons. The van der Waals surface area contributed by atoms with Gasteiger partial charge in [-0.15, -0.1) is 0 Å². The van der Waals surface area contributed by atoms with E-state index < -0.39 is 11.7 Å². The molecule has 3 aliphatic carbocycles. The van der Waals surface area contributed by atoms with Crippen molar-refractivity contribution in [3.63, 3.8) is 0 Å². The van der Waals surface area contributed by atoms with Gasteiger partial charge in [0.05, 0.1) is 5.56 Å². The standard InChI is InChI=1S/C26H37F3/c1-2-3-18-4-6-19(7-5-18)20-8-10-21(11-9-20)22-12-13-24-17-25(26(27,28)29)15-14-23(24)16-22/h14-15,17-22H,2-13,16H2,1H3. The van der Waals surface area contributed by atoms with Crippen molar-refractivity contribution in [1.82, 2.24) is 0 Å². The highest BCUT2D eigenvalue weighted by molar-refractivity contribution is 5.35. The summed E-state index contributed by atoms with van der Waals surface area (Å²) in [5.74, 6) is 4.38. The van der Waals surface area contributed by atoms with Crippen LogP contribution in [0.4, 0.5) is 13.2 Å². The van der Waals surface area contributed by atoms with Crippen molar-refractivity contribution >= 4 is 0 Å². The van der Waals surface area contributed by atoms with Crippen LogP contribution in [0.2, 0.25) is 0 Å². The largest absolute Gasteiger partial charge is 0.416 e. The third-order valence-electron chi connectivity index (χ3n) is 8.54. The molecule has 0 aromatic heterocycles. The highest BCUT2D eigenvalue weighted by atomic mass is 19.4. The number of alkyl halides is 3. The number of hydrogen-bond donors (Lipinski definition) is 0. The number of aryl methyl sites for hydroxylation is 1. The average molecular weight is 407 g/mol. The fourth-order valence-corrected chi connectivity index (χ4v) is 6.81. The number of rotatable bonds is 4. The topological polar surface area (TPSA) is 0 Å². The van der Waals surface area contributed by atoms with Gasteiger partial charge in [-0.2, -0.15) is 13.2 Å². The second kappa shape index (κ2) is 9.02. The van der Waals surface area contributed by atoms with E-state index in [4.69, 9.17) is 0 Å². The van der Waals surface area contributed by atoms with E-state index in [0.717, 1.165) is 48.5 Å². The highest BCUT2D eigenvalue weighted by Crippen LogP contribution is 2.45. The van der Waals surface area contributed by atoms with Gasteiger partial charge in [-0.3, -0.25) is 0 Å². The summed E-state index contributed by atoms with van der Waals surface area (Å²) in [5, 5.41) is 0. The maximum atomic E-state index is 13.0. The molecule has 2 saturated carbocycles. The van der Waals surface area contributed by atoms with Crippen molar-refractivity contribution in [3.8, 4) is 0 Å². The maximum absolute atomic E-state index is 13.0. The fourth-order valence-electron chi connectivity index (χ4n) is 6.81. The van der Waals surface area contributed by atoms with Crippen molar-refractivity contribution in [3.05, 3.63) is 34.9 Å². The van der Waals surface area contributed by atoms with Gasteiger partial charge >= 0.3 is 6.18 Å². The van der Waals surface area contributed by atoms with E-state index >= 15 is 0 Å². The predicted molar refractivity (Wildman–Crippen MR) is 113 cm³/mol. The minimum Gasteiger partial charge on any atom is -0.166 e. The molecule has 0 nitrogen and oxygen atoms in total. The van der Waals surface area contributed by atoms with Crippen LogP contribution >= 0.6 is 0 Å². The monoisotopic (exact) mass is 406 g/mol. The molecule has 0 bridgehead atoms. The zero-order valence-electron chi connectivity index (χ0n) is 17.9. The van der Waals surface area contributed by atoms with Gasteiger partial charge in [0, 0.05) is 0 Å². The summed E-state index contributed by atoms with van der Waals surface area (Å²) in [6, 6.07) is 4.44.